The molecule has 78 valence electrons. The van der Waals surface area contributed by atoms with Gasteiger partial charge in [0.1, 0.15) is 0 Å². The van der Waals surface area contributed by atoms with Crippen LogP contribution >= 0.6 is 11.3 Å². The normalized spacial score (nSPS) is 11.1. The number of aromatic nitrogens is 1. The second kappa shape index (κ2) is 3.62. The van der Waals surface area contributed by atoms with Crippen molar-refractivity contribution < 1.29 is 9.90 Å². The summed E-state index contributed by atoms with van der Waals surface area (Å²) in [5.74, 6) is -0.552. The lowest BCUT2D eigenvalue weighted by Crippen LogP contribution is -1.95. The van der Waals surface area contributed by atoms with Crippen molar-refractivity contribution in [1.29, 1.82) is 0 Å². The van der Waals surface area contributed by atoms with Gasteiger partial charge in [0, 0.05) is 5.92 Å². The number of carboxylic acid groups (broad SMARTS) is 1. The topological polar surface area (TPSA) is 50.2 Å². The zero-order valence-corrected chi connectivity index (χ0v) is 9.34. The number of thiazole rings is 1. The van der Waals surface area contributed by atoms with Crippen LogP contribution in [0, 0.1) is 0 Å². The Morgan fingerprint density at radius 1 is 1.47 bits per heavy atom. The van der Waals surface area contributed by atoms with Crippen LogP contribution in [0.15, 0.2) is 18.2 Å². The van der Waals surface area contributed by atoms with E-state index in [2.05, 4.69) is 18.8 Å². The Balaban J connectivity index is 2.70. The van der Waals surface area contributed by atoms with E-state index in [0.29, 0.717) is 11.5 Å². The van der Waals surface area contributed by atoms with Crippen molar-refractivity contribution in [2.24, 2.45) is 0 Å². The van der Waals surface area contributed by atoms with Gasteiger partial charge in [-0.25, -0.2) is 9.78 Å². The summed E-state index contributed by atoms with van der Waals surface area (Å²) in [6.07, 6.45) is 0. The molecule has 3 nitrogen and oxygen atoms in total. The Morgan fingerprint density at radius 2 is 2.20 bits per heavy atom. The average molecular weight is 221 g/mol. The monoisotopic (exact) mass is 221 g/mol. The minimum absolute atomic E-state index is 0.337. The van der Waals surface area contributed by atoms with Crippen molar-refractivity contribution in [2.75, 3.05) is 0 Å². The van der Waals surface area contributed by atoms with Gasteiger partial charge < -0.3 is 5.11 Å². The number of carbonyl (C=O) groups is 1. The Bertz CT molecular complexity index is 516. The summed E-state index contributed by atoms with van der Waals surface area (Å²) < 4.78 is 0.772. The fourth-order valence-electron chi connectivity index (χ4n) is 1.38. The molecule has 15 heavy (non-hydrogen) atoms. The van der Waals surface area contributed by atoms with Crippen molar-refractivity contribution in [3.63, 3.8) is 0 Å². The Hall–Kier alpha value is -1.42. The van der Waals surface area contributed by atoms with Crippen LogP contribution in [-0.4, -0.2) is 16.1 Å². The number of carboxylic acids is 1. The number of aromatic carboxylic acids is 1. The standard InChI is InChI=1S/C11H11NO2S/c1-6(2)10-12-8-5-3-4-7(11(13)14)9(8)15-10/h3-6H,1-2H3,(H,13,14). The van der Waals surface area contributed by atoms with Gasteiger partial charge in [-0.3, -0.25) is 0 Å². The predicted octanol–water partition coefficient (Wildman–Crippen LogP) is 3.12. The van der Waals surface area contributed by atoms with Gasteiger partial charge in [0.05, 0.1) is 20.8 Å². The molecule has 0 spiro atoms. The van der Waals surface area contributed by atoms with Crippen molar-refractivity contribution in [2.45, 2.75) is 19.8 Å². The highest BCUT2D eigenvalue weighted by molar-refractivity contribution is 7.19. The zero-order chi connectivity index (χ0) is 11.0. The van der Waals surface area contributed by atoms with Gasteiger partial charge in [-0.15, -0.1) is 11.3 Å². The van der Waals surface area contributed by atoms with E-state index >= 15 is 0 Å². The molecular weight excluding hydrogens is 210 g/mol. The summed E-state index contributed by atoms with van der Waals surface area (Å²) in [6, 6.07) is 5.20. The molecule has 1 heterocycles. The van der Waals surface area contributed by atoms with E-state index in [1.54, 1.807) is 12.1 Å². The molecule has 1 N–H and O–H groups in total. The molecule has 0 aliphatic carbocycles. The number of nitrogens with zero attached hydrogens (tertiary/aromatic N) is 1. The Morgan fingerprint density at radius 3 is 2.80 bits per heavy atom. The summed E-state index contributed by atoms with van der Waals surface area (Å²) in [5.41, 5.74) is 1.13. The molecule has 0 aliphatic heterocycles. The summed E-state index contributed by atoms with van der Waals surface area (Å²) in [4.78, 5) is 15.4. The third-order valence-electron chi connectivity index (χ3n) is 2.16. The SMILES string of the molecule is CC(C)c1nc2cccc(C(=O)O)c2s1. The molecule has 2 aromatic rings. The molecule has 1 aromatic heterocycles. The van der Waals surface area contributed by atoms with Crippen molar-refractivity contribution in [3.8, 4) is 0 Å². The number of rotatable bonds is 2. The summed E-state index contributed by atoms with van der Waals surface area (Å²) in [6.45, 7) is 4.11. The molecule has 0 saturated carbocycles. The first-order valence-corrected chi connectivity index (χ1v) is 5.54. The maximum Gasteiger partial charge on any atom is 0.337 e. The van der Waals surface area contributed by atoms with Crippen molar-refractivity contribution >= 4 is 27.5 Å². The molecule has 0 bridgehead atoms. The summed E-state index contributed by atoms with van der Waals surface area (Å²) in [7, 11) is 0. The zero-order valence-electron chi connectivity index (χ0n) is 8.52. The van der Waals surface area contributed by atoms with E-state index in [1.807, 2.05) is 6.07 Å². The van der Waals surface area contributed by atoms with E-state index in [-0.39, 0.29) is 0 Å². The van der Waals surface area contributed by atoms with E-state index in [1.165, 1.54) is 11.3 Å². The number of hydrogen-bond donors (Lipinski definition) is 1. The molecule has 0 atom stereocenters. The first-order chi connectivity index (χ1) is 7.09. The highest BCUT2D eigenvalue weighted by Gasteiger charge is 2.13. The Kier molecular flexibility index (Phi) is 2.44. The number of hydrogen-bond acceptors (Lipinski definition) is 3. The fourth-order valence-corrected chi connectivity index (χ4v) is 2.45. The number of benzene rings is 1. The maximum atomic E-state index is 11.0. The lowest BCUT2D eigenvalue weighted by atomic mass is 10.2. The molecule has 0 fully saturated rings. The third-order valence-corrected chi connectivity index (χ3v) is 3.56. The van der Waals surface area contributed by atoms with E-state index in [4.69, 9.17) is 5.11 Å². The van der Waals surface area contributed by atoms with Gasteiger partial charge in [-0.1, -0.05) is 19.9 Å². The molecule has 1 aromatic carbocycles. The number of fused-ring (bicyclic) bond motifs is 1. The quantitative estimate of drug-likeness (QED) is 0.847. The molecule has 4 heteroatoms. The first-order valence-electron chi connectivity index (χ1n) is 4.72. The van der Waals surface area contributed by atoms with Crippen molar-refractivity contribution in [3.05, 3.63) is 28.8 Å². The first kappa shape index (κ1) is 10.1. The molecule has 0 saturated heterocycles. The van der Waals surface area contributed by atoms with Gasteiger partial charge >= 0.3 is 5.97 Å². The van der Waals surface area contributed by atoms with Crippen LogP contribution in [0.4, 0.5) is 0 Å². The molecule has 0 radical (unpaired) electrons. The minimum Gasteiger partial charge on any atom is -0.478 e. The lowest BCUT2D eigenvalue weighted by Gasteiger charge is -1.94. The van der Waals surface area contributed by atoms with Gasteiger partial charge in [-0.05, 0) is 12.1 Å². The molecule has 0 aliphatic rings. The Labute approximate surface area is 91.4 Å². The molecule has 2 rings (SSSR count). The smallest absolute Gasteiger partial charge is 0.337 e. The summed E-state index contributed by atoms with van der Waals surface area (Å²) >= 11 is 1.47. The molecular formula is C11H11NO2S. The van der Waals surface area contributed by atoms with Crippen molar-refractivity contribution in [1.82, 2.24) is 4.98 Å². The third kappa shape index (κ3) is 1.72. The highest BCUT2D eigenvalue weighted by atomic mass is 32.1. The van der Waals surface area contributed by atoms with Crippen LogP contribution in [0.2, 0.25) is 0 Å². The fraction of sp³-hybridized carbons (Fsp3) is 0.273. The summed E-state index contributed by atoms with van der Waals surface area (Å²) in [5, 5.41) is 9.99. The molecule has 0 amide bonds. The predicted molar refractivity (Wildman–Crippen MR) is 60.7 cm³/mol. The van der Waals surface area contributed by atoms with E-state index in [0.717, 1.165) is 15.2 Å². The van der Waals surface area contributed by atoms with Gasteiger partial charge in [-0.2, -0.15) is 0 Å². The van der Waals surface area contributed by atoms with E-state index < -0.39 is 5.97 Å². The minimum atomic E-state index is -0.889. The second-order valence-electron chi connectivity index (χ2n) is 3.67. The van der Waals surface area contributed by atoms with Crippen LogP contribution < -0.4 is 0 Å². The van der Waals surface area contributed by atoms with Crippen LogP contribution in [0.1, 0.15) is 35.1 Å². The van der Waals surface area contributed by atoms with Crippen LogP contribution in [0.3, 0.4) is 0 Å². The van der Waals surface area contributed by atoms with Crippen LogP contribution in [0.25, 0.3) is 10.2 Å². The van der Waals surface area contributed by atoms with Crippen LogP contribution in [-0.2, 0) is 0 Å². The van der Waals surface area contributed by atoms with E-state index in [9.17, 15) is 4.79 Å². The highest BCUT2D eigenvalue weighted by Crippen LogP contribution is 2.29. The van der Waals surface area contributed by atoms with Gasteiger partial charge in [0.15, 0.2) is 0 Å². The largest absolute Gasteiger partial charge is 0.478 e. The van der Waals surface area contributed by atoms with Gasteiger partial charge in [0.2, 0.25) is 0 Å². The second-order valence-corrected chi connectivity index (χ2v) is 4.70. The average Bonchev–Trinajstić information content (AvgIpc) is 2.60. The van der Waals surface area contributed by atoms with Gasteiger partial charge in [0.25, 0.3) is 0 Å². The lowest BCUT2D eigenvalue weighted by molar-refractivity contribution is 0.0699. The molecule has 0 unspecified atom stereocenters. The van der Waals surface area contributed by atoms with Crippen LogP contribution in [0.5, 0.6) is 0 Å². The maximum absolute atomic E-state index is 11.0.